The zero-order valence-corrected chi connectivity index (χ0v) is 14.6. The van der Waals surface area contributed by atoms with Crippen LogP contribution < -0.4 is 10.2 Å². The van der Waals surface area contributed by atoms with E-state index in [4.69, 9.17) is 0 Å². The highest BCUT2D eigenvalue weighted by molar-refractivity contribution is 5.91. The Hall–Kier alpha value is -2.81. The molecule has 0 bridgehead atoms. The number of benzene rings is 2. The molecule has 3 heteroatoms. The van der Waals surface area contributed by atoms with Gasteiger partial charge in [0.05, 0.1) is 6.54 Å². The fraction of sp³-hybridized carbons (Fsp3) is 0.227. The number of hydrogen-bond donors (Lipinski definition) is 1. The minimum atomic E-state index is -0.519. The first-order valence-electron chi connectivity index (χ1n) is 8.64. The van der Waals surface area contributed by atoms with Gasteiger partial charge in [0.2, 0.25) is 5.91 Å². The molecule has 0 spiro atoms. The van der Waals surface area contributed by atoms with Crippen molar-refractivity contribution in [3.63, 3.8) is 0 Å². The van der Waals surface area contributed by atoms with E-state index in [9.17, 15) is 4.79 Å². The average molecular weight is 330 g/mol. The Bertz CT molecular complexity index is 867. The molecule has 1 saturated heterocycles. The van der Waals surface area contributed by atoms with Crippen LogP contribution in [0.5, 0.6) is 0 Å². The van der Waals surface area contributed by atoms with Crippen LogP contribution in [0, 0.1) is 0 Å². The first kappa shape index (κ1) is 15.7. The first-order chi connectivity index (χ1) is 12.0. The summed E-state index contributed by atoms with van der Waals surface area (Å²) in [7, 11) is 0. The molecular weight excluding hydrogens is 308 g/mol. The molecule has 2 aromatic rings. The molecule has 2 aliphatic rings. The van der Waals surface area contributed by atoms with Crippen molar-refractivity contribution in [3.05, 3.63) is 84.0 Å². The summed E-state index contributed by atoms with van der Waals surface area (Å²) >= 11 is 0. The Balaban J connectivity index is 1.70. The van der Waals surface area contributed by atoms with Gasteiger partial charge in [0.15, 0.2) is 0 Å². The molecule has 1 fully saturated rings. The lowest BCUT2D eigenvalue weighted by Gasteiger charge is -2.40. The molecule has 1 N–H and O–H groups in total. The van der Waals surface area contributed by atoms with Crippen LogP contribution >= 0.6 is 0 Å². The molecule has 2 aliphatic heterocycles. The van der Waals surface area contributed by atoms with Crippen LogP contribution in [-0.2, 0) is 10.2 Å². The summed E-state index contributed by atoms with van der Waals surface area (Å²) in [6.45, 7) is 4.79. The highest BCUT2D eigenvalue weighted by atomic mass is 16.2. The Morgan fingerprint density at radius 1 is 1.00 bits per heavy atom. The van der Waals surface area contributed by atoms with Gasteiger partial charge in [0.1, 0.15) is 5.66 Å². The van der Waals surface area contributed by atoms with Gasteiger partial charge in [-0.15, -0.1) is 0 Å². The van der Waals surface area contributed by atoms with Crippen LogP contribution in [0.2, 0.25) is 0 Å². The maximum absolute atomic E-state index is 12.2. The first-order valence-corrected chi connectivity index (χ1v) is 8.64. The largest absolute Gasteiger partial charge is 0.335 e. The molecule has 0 radical (unpaired) electrons. The molecule has 1 atom stereocenters. The normalized spacial score (nSPS) is 23.9. The minimum Gasteiger partial charge on any atom is -0.335 e. The molecular formula is C22H22N2O. The van der Waals surface area contributed by atoms with E-state index in [0.717, 1.165) is 11.3 Å². The van der Waals surface area contributed by atoms with Crippen molar-refractivity contribution >= 4 is 17.7 Å². The lowest BCUT2D eigenvalue weighted by atomic mass is 9.75. The van der Waals surface area contributed by atoms with Gasteiger partial charge in [-0.2, -0.15) is 0 Å². The highest BCUT2D eigenvalue weighted by Gasteiger charge is 2.59. The number of hydrogen-bond acceptors (Lipinski definition) is 2. The fourth-order valence-electron chi connectivity index (χ4n) is 4.07. The fourth-order valence-corrected chi connectivity index (χ4v) is 4.07. The number of amides is 1. The second-order valence-corrected chi connectivity index (χ2v) is 7.17. The number of carbonyl (C=O) groups is 1. The Labute approximate surface area is 148 Å². The number of nitrogens with zero attached hydrogens (tertiary/aromatic N) is 1. The second kappa shape index (κ2) is 5.62. The van der Waals surface area contributed by atoms with Crippen LogP contribution in [0.4, 0.5) is 5.69 Å². The minimum absolute atomic E-state index is 0.0688. The topological polar surface area (TPSA) is 32.3 Å². The lowest BCUT2D eigenvalue weighted by Crippen LogP contribution is -2.58. The molecule has 2 aromatic carbocycles. The van der Waals surface area contributed by atoms with Crippen molar-refractivity contribution < 1.29 is 4.79 Å². The summed E-state index contributed by atoms with van der Waals surface area (Å²) in [5.74, 6) is 0.0688. The number of nitrogens with one attached hydrogen (secondary N) is 1. The van der Waals surface area contributed by atoms with E-state index in [1.807, 2.05) is 36.4 Å². The van der Waals surface area contributed by atoms with E-state index in [2.05, 4.69) is 66.5 Å². The summed E-state index contributed by atoms with van der Waals surface area (Å²) in [6.07, 6.45) is 8.27. The van der Waals surface area contributed by atoms with Crippen molar-refractivity contribution in [2.24, 2.45) is 0 Å². The van der Waals surface area contributed by atoms with E-state index in [0.29, 0.717) is 6.54 Å². The third-order valence-corrected chi connectivity index (χ3v) is 5.42. The molecule has 0 unspecified atom stereocenters. The van der Waals surface area contributed by atoms with Gasteiger partial charge in [-0.1, -0.05) is 80.6 Å². The predicted octanol–water partition coefficient (Wildman–Crippen LogP) is 3.88. The number of fused-ring (bicyclic) bond motifs is 3. The van der Waals surface area contributed by atoms with Crippen molar-refractivity contribution in [2.75, 3.05) is 11.4 Å². The van der Waals surface area contributed by atoms with Crippen LogP contribution in [0.3, 0.4) is 0 Å². The third-order valence-electron chi connectivity index (χ3n) is 5.42. The molecule has 25 heavy (non-hydrogen) atoms. The van der Waals surface area contributed by atoms with Gasteiger partial charge in [-0.05, 0) is 23.3 Å². The SMILES string of the molecule is CC1(C)c2ccccc2N2CC(=O)N[C@@]21C=CC=Cc1ccccc1. The zero-order valence-electron chi connectivity index (χ0n) is 14.6. The van der Waals surface area contributed by atoms with Crippen LogP contribution in [-0.4, -0.2) is 18.1 Å². The number of para-hydroxylation sites is 1. The Kier molecular flexibility index (Phi) is 3.53. The molecule has 4 rings (SSSR count). The summed E-state index contributed by atoms with van der Waals surface area (Å²) in [5.41, 5.74) is 2.84. The second-order valence-electron chi connectivity index (χ2n) is 7.17. The number of carbonyl (C=O) groups excluding carboxylic acids is 1. The van der Waals surface area contributed by atoms with Gasteiger partial charge in [0.25, 0.3) is 0 Å². The Morgan fingerprint density at radius 2 is 1.72 bits per heavy atom. The van der Waals surface area contributed by atoms with Crippen molar-refractivity contribution in [3.8, 4) is 0 Å². The molecule has 0 aliphatic carbocycles. The molecule has 2 heterocycles. The van der Waals surface area contributed by atoms with Gasteiger partial charge >= 0.3 is 0 Å². The molecule has 3 nitrogen and oxygen atoms in total. The zero-order chi connectivity index (χ0) is 17.5. The average Bonchev–Trinajstić information content (AvgIpc) is 3.05. The summed E-state index contributed by atoms with van der Waals surface area (Å²) in [6, 6.07) is 18.6. The lowest BCUT2D eigenvalue weighted by molar-refractivity contribution is -0.118. The highest BCUT2D eigenvalue weighted by Crippen LogP contribution is 2.52. The molecule has 0 saturated carbocycles. The summed E-state index contributed by atoms with van der Waals surface area (Å²) < 4.78 is 0. The molecule has 1 amide bonds. The Morgan fingerprint density at radius 3 is 2.52 bits per heavy atom. The number of anilines is 1. The standard InChI is InChI=1S/C22H22N2O/c1-21(2)18-13-6-7-14-19(18)24-16-20(25)23-22(21,24)15-9-8-12-17-10-4-3-5-11-17/h3-15H,16H2,1-2H3,(H,23,25)/t22-/m0/s1. The van der Waals surface area contributed by atoms with E-state index in [1.165, 1.54) is 5.56 Å². The van der Waals surface area contributed by atoms with Crippen LogP contribution in [0.25, 0.3) is 6.08 Å². The van der Waals surface area contributed by atoms with Gasteiger partial charge < -0.3 is 10.2 Å². The molecule has 0 aromatic heterocycles. The van der Waals surface area contributed by atoms with Crippen molar-refractivity contribution in [1.82, 2.24) is 5.32 Å². The smallest absolute Gasteiger partial charge is 0.241 e. The van der Waals surface area contributed by atoms with E-state index < -0.39 is 5.66 Å². The van der Waals surface area contributed by atoms with Gasteiger partial charge in [-0.3, -0.25) is 4.79 Å². The van der Waals surface area contributed by atoms with Crippen molar-refractivity contribution in [2.45, 2.75) is 24.9 Å². The van der Waals surface area contributed by atoms with Crippen LogP contribution in [0.1, 0.15) is 25.0 Å². The third kappa shape index (κ3) is 2.30. The van der Waals surface area contributed by atoms with E-state index >= 15 is 0 Å². The maximum atomic E-state index is 12.2. The van der Waals surface area contributed by atoms with E-state index in [-0.39, 0.29) is 11.3 Å². The van der Waals surface area contributed by atoms with Gasteiger partial charge in [-0.25, -0.2) is 0 Å². The summed E-state index contributed by atoms with van der Waals surface area (Å²) in [5, 5.41) is 3.23. The van der Waals surface area contributed by atoms with Crippen LogP contribution in [0.15, 0.2) is 72.8 Å². The quantitative estimate of drug-likeness (QED) is 0.866. The summed E-state index contributed by atoms with van der Waals surface area (Å²) in [4.78, 5) is 14.4. The van der Waals surface area contributed by atoms with Crippen molar-refractivity contribution in [1.29, 1.82) is 0 Å². The number of allylic oxidation sites excluding steroid dienone is 2. The molecule has 126 valence electrons. The van der Waals surface area contributed by atoms with Gasteiger partial charge in [0, 0.05) is 11.1 Å². The monoisotopic (exact) mass is 330 g/mol. The van der Waals surface area contributed by atoms with E-state index in [1.54, 1.807) is 0 Å². The maximum Gasteiger partial charge on any atom is 0.241 e. The predicted molar refractivity (Wildman–Crippen MR) is 102 cm³/mol. The number of rotatable bonds is 3.